The smallest absolute Gasteiger partial charge is 0.248 e. The van der Waals surface area contributed by atoms with Crippen LogP contribution in [0.4, 0.5) is 5.95 Å². The molecule has 0 radical (unpaired) electrons. The van der Waals surface area contributed by atoms with Crippen LogP contribution in [0.25, 0.3) is 10.9 Å². The number of primary amides is 1. The lowest BCUT2D eigenvalue weighted by molar-refractivity contribution is 0.100. The van der Waals surface area contributed by atoms with Crippen LogP contribution in [0.2, 0.25) is 0 Å². The zero-order chi connectivity index (χ0) is 13.9. The van der Waals surface area contributed by atoms with Gasteiger partial charge in [-0.2, -0.15) is 0 Å². The van der Waals surface area contributed by atoms with Gasteiger partial charge < -0.3 is 16.4 Å². The maximum atomic E-state index is 11.2. The monoisotopic (exact) mass is 271 g/mol. The maximum absolute atomic E-state index is 11.2. The van der Waals surface area contributed by atoms with E-state index in [9.17, 15) is 4.79 Å². The molecule has 0 aliphatic carbocycles. The summed E-state index contributed by atoms with van der Waals surface area (Å²) in [5.41, 5.74) is 6.47. The van der Waals surface area contributed by atoms with E-state index in [0.717, 1.165) is 36.8 Å². The highest BCUT2D eigenvalue weighted by Crippen LogP contribution is 2.16. The van der Waals surface area contributed by atoms with E-state index >= 15 is 0 Å². The molecule has 104 valence electrons. The molecule has 0 spiro atoms. The van der Waals surface area contributed by atoms with E-state index in [2.05, 4.69) is 20.6 Å². The Balaban J connectivity index is 1.86. The van der Waals surface area contributed by atoms with Crippen LogP contribution in [0, 0.1) is 0 Å². The molecule has 1 aromatic heterocycles. The molecule has 1 fully saturated rings. The van der Waals surface area contributed by atoms with Gasteiger partial charge in [0.25, 0.3) is 0 Å². The molecule has 1 unspecified atom stereocenters. The molecule has 6 heteroatoms. The number of nitrogens with one attached hydrogen (secondary N) is 2. The summed E-state index contributed by atoms with van der Waals surface area (Å²) in [5.74, 6) is 0.143. The standard InChI is InChI=1S/C14H17N5O/c15-13(20)9-3-4-10-7-17-14(19-12(10)6-9)18-11-2-1-5-16-8-11/h3-4,6-7,11,16H,1-2,5,8H2,(H2,15,20)(H,17,18,19). The van der Waals surface area contributed by atoms with E-state index in [4.69, 9.17) is 5.73 Å². The van der Waals surface area contributed by atoms with E-state index in [-0.39, 0.29) is 0 Å². The molecule has 2 heterocycles. The second-order valence-corrected chi connectivity index (χ2v) is 5.02. The number of rotatable bonds is 3. The number of fused-ring (bicyclic) bond motifs is 1. The number of piperidine rings is 1. The highest BCUT2D eigenvalue weighted by molar-refractivity contribution is 5.96. The fourth-order valence-electron chi connectivity index (χ4n) is 2.40. The van der Waals surface area contributed by atoms with Crippen molar-refractivity contribution < 1.29 is 4.79 Å². The fourth-order valence-corrected chi connectivity index (χ4v) is 2.40. The van der Waals surface area contributed by atoms with Gasteiger partial charge in [-0.05, 0) is 31.5 Å². The predicted molar refractivity (Wildman–Crippen MR) is 77.6 cm³/mol. The summed E-state index contributed by atoms with van der Waals surface area (Å²) in [4.78, 5) is 20.0. The zero-order valence-corrected chi connectivity index (χ0v) is 11.1. The van der Waals surface area contributed by atoms with Gasteiger partial charge in [0.05, 0.1) is 5.52 Å². The van der Waals surface area contributed by atoms with Gasteiger partial charge in [-0.3, -0.25) is 4.79 Å². The van der Waals surface area contributed by atoms with Crippen LogP contribution in [0.15, 0.2) is 24.4 Å². The first kappa shape index (κ1) is 12.8. The Morgan fingerprint density at radius 1 is 1.45 bits per heavy atom. The third-order valence-electron chi connectivity index (χ3n) is 3.50. The van der Waals surface area contributed by atoms with Crippen molar-refractivity contribution in [2.24, 2.45) is 5.73 Å². The Bertz CT molecular complexity index is 636. The SMILES string of the molecule is NC(=O)c1ccc2cnc(NC3CCCNC3)nc2c1. The number of nitrogens with zero attached hydrogens (tertiary/aromatic N) is 2. The van der Waals surface area contributed by atoms with Gasteiger partial charge in [-0.15, -0.1) is 0 Å². The summed E-state index contributed by atoms with van der Waals surface area (Å²) >= 11 is 0. The number of aromatic nitrogens is 2. The average molecular weight is 271 g/mol. The summed E-state index contributed by atoms with van der Waals surface area (Å²) in [7, 11) is 0. The Labute approximate surface area is 116 Å². The largest absolute Gasteiger partial charge is 0.366 e. The average Bonchev–Trinajstić information content (AvgIpc) is 2.47. The number of carbonyl (C=O) groups excluding carboxylic acids is 1. The minimum Gasteiger partial charge on any atom is -0.366 e. The Morgan fingerprint density at radius 3 is 3.10 bits per heavy atom. The number of benzene rings is 1. The third kappa shape index (κ3) is 2.70. The minimum absolute atomic E-state index is 0.348. The molecule has 1 atom stereocenters. The summed E-state index contributed by atoms with van der Waals surface area (Å²) < 4.78 is 0. The molecule has 0 bridgehead atoms. The molecule has 0 saturated carbocycles. The molecule has 4 N–H and O–H groups in total. The molecular formula is C14H17N5O. The van der Waals surface area contributed by atoms with Crippen LogP contribution in [-0.2, 0) is 0 Å². The lowest BCUT2D eigenvalue weighted by atomic mass is 10.1. The van der Waals surface area contributed by atoms with Crippen LogP contribution in [-0.4, -0.2) is 35.0 Å². The minimum atomic E-state index is -0.448. The van der Waals surface area contributed by atoms with Crippen molar-refractivity contribution >= 4 is 22.8 Å². The van der Waals surface area contributed by atoms with Crippen LogP contribution < -0.4 is 16.4 Å². The van der Waals surface area contributed by atoms with Crippen LogP contribution in [0.5, 0.6) is 0 Å². The Hall–Kier alpha value is -2.21. The van der Waals surface area contributed by atoms with E-state index in [1.807, 2.05) is 0 Å². The molecule has 1 amide bonds. The Morgan fingerprint density at radius 2 is 2.35 bits per heavy atom. The Kier molecular flexibility index (Phi) is 3.47. The molecule has 3 rings (SSSR count). The number of amides is 1. The number of nitrogens with two attached hydrogens (primary N) is 1. The number of anilines is 1. The van der Waals surface area contributed by atoms with Crippen molar-refractivity contribution in [2.45, 2.75) is 18.9 Å². The summed E-state index contributed by atoms with van der Waals surface area (Å²) in [6.45, 7) is 1.99. The van der Waals surface area contributed by atoms with E-state index < -0.39 is 5.91 Å². The van der Waals surface area contributed by atoms with Crippen LogP contribution in [0.1, 0.15) is 23.2 Å². The number of carbonyl (C=O) groups is 1. The van der Waals surface area contributed by atoms with E-state index in [1.165, 1.54) is 0 Å². The maximum Gasteiger partial charge on any atom is 0.248 e. The van der Waals surface area contributed by atoms with Gasteiger partial charge in [0.15, 0.2) is 0 Å². The van der Waals surface area contributed by atoms with Crippen LogP contribution in [0.3, 0.4) is 0 Å². The van der Waals surface area contributed by atoms with E-state index in [1.54, 1.807) is 24.4 Å². The molecular weight excluding hydrogens is 254 g/mol. The topological polar surface area (TPSA) is 92.9 Å². The lowest BCUT2D eigenvalue weighted by Crippen LogP contribution is -2.38. The molecule has 1 aliphatic heterocycles. The van der Waals surface area contributed by atoms with E-state index in [0.29, 0.717) is 17.6 Å². The van der Waals surface area contributed by atoms with Crippen molar-refractivity contribution in [3.8, 4) is 0 Å². The lowest BCUT2D eigenvalue weighted by Gasteiger charge is -2.23. The van der Waals surface area contributed by atoms with Crippen molar-refractivity contribution in [1.29, 1.82) is 0 Å². The van der Waals surface area contributed by atoms with Crippen molar-refractivity contribution in [1.82, 2.24) is 15.3 Å². The predicted octanol–water partition coefficient (Wildman–Crippen LogP) is 0.893. The van der Waals surface area contributed by atoms with Gasteiger partial charge in [-0.1, -0.05) is 6.07 Å². The van der Waals surface area contributed by atoms with Gasteiger partial charge in [0, 0.05) is 29.7 Å². The first-order valence-electron chi connectivity index (χ1n) is 6.76. The van der Waals surface area contributed by atoms with Gasteiger partial charge in [0.1, 0.15) is 0 Å². The molecule has 20 heavy (non-hydrogen) atoms. The highest BCUT2D eigenvalue weighted by atomic mass is 16.1. The second-order valence-electron chi connectivity index (χ2n) is 5.02. The molecule has 1 aromatic carbocycles. The zero-order valence-electron chi connectivity index (χ0n) is 11.1. The summed E-state index contributed by atoms with van der Waals surface area (Å²) in [5, 5.41) is 7.55. The molecule has 1 aliphatic rings. The fraction of sp³-hybridized carbons (Fsp3) is 0.357. The summed E-state index contributed by atoms with van der Waals surface area (Å²) in [6.07, 6.45) is 4.01. The number of hydrogen-bond donors (Lipinski definition) is 3. The van der Waals surface area contributed by atoms with Crippen molar-refractivity contribution in [2.75, 3.05) is 18.4 Å². The summed E-state index contributed by atoms with van der Waals surface area (Å²) in [6, 6.07) is 5.54. The van der Waals surface area contributed by atoms with Crippen molar-refractivity contribution in [3.63, 3.8) is 0 Å². The first-order valence-corrected chi connectivity index (χ1v) is 6.76. The number of hydrogen-bond acceptors (Lipinski definition) is 5. The first-order chi connectivity index (χ1) is 9.72. The van der Waals surface area contributed by atoms with Crippen molar-refractivity contribution in [3.05, 3.63) is 30.0 Å². The van der Waals surface area contributed by atoms with Gasteiger partial charge in [-0.25, -0.2) is 9.97 Å². The highest BCUT2D eigenvalue weighted by Gasteiger charge is 2.13. The second kappa shape index (κ2) is 5.42. The van der Waals surface area contributed by atoms with Gasteiger partial charge in [0.2, 0.25) is 11.9 Å². The molecule has 1 saturated heterocycles. The molecule has 2 aromatic rings. The quantitative estimate of drug-likeness (QED) is 0.771. The molecule has 6 nitrogen and oxygen atoms in total. The normalized spacial score (nSPS) is 18.9. The third-order valence-corrected chi connectivity index (χ3v) is 3.50. The van der Waals surface area contributed by atoms with Gasteiger partial charge >= 0.3 is 0 Å². The van der Waals surface area contributed by atoms with Crippen LogP contribution >= 0.6 is 0 Å².